The third-order valence-corrected chi connectivity index (χ3v) is 6.41. The highest BCUT2D eigenvalue weighted by Crippen LogP contribution is 2.56. The van der Waals surface area contributed by atoms with Crippen LogP contribution in [0.3, 0.4) is 0 Å². The first-order valence-corrected chi connectivity index (χ1v) is 9.66. The van der Waals surface area contributed by atoms with Gasteiger partial charge in [-0.15, -0.1) is 0 Å². The van der Waals surface area contributed by atoms with Crippen molar-refractivity contribution in [3.05, 3.63) is 89.0 Å². The lowest BCUT2D eigenvalue weighted by molar-refractivity contribution is 0.947. The number of imidazole rings is 1. The van der Waals surface area contributed by atoms with Gasteiger partial charge in [0.15, 0.2) is 0 Å². The number of hydrogen-bond donors (Lipinski definition) is 1. The van der Waals surface area contributed by atoms with E-state index in [2.05, 4.69) is 78.2 Å². The number of nitrogens with zero attached hydrogens (tertiary/aromatic N) is 2. The molecule has 0 saturated carbocycles. The molecule has 7 rings (SSSR count). The molecule has 1 unspecified atom stereocenters. The highest BCUT2D eigenvalue weighted by atomic mass is 15.2. The lowest BCUT2D eigenvalue weighted by Crippen LogP contribution is -2.14. The Hall–Kier alpha value is -3.59. The van der Waals surface area contributed by atoms with E-state index in [1.165, 1.54) is 49.8 Å². The Morgan fingerprint density at radius 3 is 2.64 bits per heavy atom. The fourth-order valence-electron chi connectivity index (χ4n) is 5.43. The van der Waals surface area contributed by atoms with Gasteiger partial charge in [-0.1, -0.05) is 54.6 Å². The van der Waals surface area contributed by atoms with Gasteiger partial charge in [0.25, 0.3) is 0 Å². The molecule has 3 nitrogen and oxygen atoms in total. The molecule has 1 aromatic heterocycles. The third kappa shape index (κ3) is 1.51. The van der Waals surface area contributed by atoms with Gasteiger partial charge < -0.3 is 5.73 Å². The van der Waals surface area contributed by atoms with Crippen molar-refractivity contribution in [2.45, 2.75) is 12.8 Å². The van der Waals surface area contributed by atoms with E-state index in [1.54, 1.807) is 0 Å². The molecule has 0 spiro atoms. The second-order valence-electron chi connectivity index (χ2n) is 7.95. The highest BCUT2D eigenvalue weighted by molar-refractivity contribution is 6.05. The third-order valence-electron chi connectivity index (χ3n) is 6.41. The fourth-order valence-corrected chi connectivity index (χ4v) is 5.43. The van der Waals surface area contributed by atoms with E-state index in [1.807, 2.05) is 0 Å². The zero-order valence-corrected chi connectivity index (χ0v) is 15.4. The van der Waals surface area contributed by atoms with Crippen molar-refractivity contribution in [1.82, 2.24) is 9.55 Å². The van der Waals surface area contributed by atoms with Crippen LogP contribution in [0.2, 0.25) is 0 Å². The molecule has 0 radical (unpaired) electrons. The molecule has 1 aliphatic heterocycles. The number of benzene rings is 4. The molecule has 4 aromatic carbocycles. The van der Waals surface area contributed by atoms with E-state index in [9.17, 15) is 0 Å². The topological polar surface area (TPSA) is 43.8 Å². The molecule has 2 N–H and O–H groups in total. The van der Waals surface area contributed by atoms with Crippen molar-refractivity contribution < 1.29 is 0 Å². The second-order valence-corrected chi connectivity index (χ2v) is 7.95. The fraction of sp³-hybridized carbons (Fsp3) is 0.0800. The monoisotopic (exact) mass is 359 g/mol. The lowest BCUT2D eigenvalue weighted by Gasteiger charge is -2.27. The number of nitrogen functional groups attached to an aromatic ring is 1. The largest absolute Gasteiger partial charge is 0.369 e. The molecule has 2 aliphatic rings. The predicted molar refractivity (Wildman–Crippen MR) is 114 cm³/mol. The summed E-state index contributed by atoms with van der Waals surface area (Å²) < 4.78 is 2.17. The molecule has 3 heteroatoms. The van der Waals surface area contributed by atoms with Gasteiger partial charge in [-0.05, 0) is 63.2 Å². The summed E-state index contributed by atoms with van der Waals surface area (Å²) in [4.78, 5) is 4.75. The minimum atomic E-state index is 0.221. The van der Waals surface area contributed by atoms with Gasteiger partial charge in [0.05, 0.1) is 16.7 Å². The Bertz CT molecular complexity index is 1490. The first-order chi connectivity index (χ1) is 13.7. The summed E-state index contributed by atoms with van der Waals surface area (Å²) in [5.41, 5.74) is 17.8. The van der Waals surface area contributed by atoms with E-state index in [0.717, 1.165) is 11.0 Å². The minimum Gasteiger partial charge on any atom is -0.369 e. The van der Waals surface area contributed by atoms with Crippen LogP contribution in [-0.2, 0) is 0 Å². The Morgan fingerprint density at radius 1 is 0.893 bits per heavy atom. The van der Waals surface area contributed by atoms with Gasteiger partial charge in [-0.3, -0.25) is 4.57 Å². The summed E-state index contributed by atoms with van der Waals surface area (Å²) in [7, 11) is 0. The predicted octanol–water partition coefficient (Wildman–Crippen LogP) is 5.54. The van der Waals surface area contributed by atoms with Crippen LogP contribution in [0.25, 0.3) is 38.6 Å². The molecule has 28 heavy (non-hydrogen) atoms. The van der Waals surface area contributed by atoms with Crippen LogP contribution in [0, 0.1) is 6.92 Å². The molecule has 1 aliphatic carbocycles. The first-order valence-electron chi connectivity index (χ1n) is 9.66. The minimum absolute atomic E-state index is 0.221. The summed E-state index contributed by atoms with van der Waals surface area (Å²) in [5.74, 6) is 0.785. The van der Waals surface area contributed by atoms with Gasteiger partial charge in [-0.25, -0.2) is 4.98 Å². The zero-order valence-electron chi connectivity index (χ0n) is 15.4. The summed E-state index contributed by atoms with van der Waals surface area (Å²) >= 11 is 0. The van der Waals surface area contributed by atoms with Gasteiger partial charge in [0, 0.05) is 5.92 Å². The lowest BCUT2D eigenvalue weighted by atomic mass is 9.82. The highest BCUT2D eigenvalue weighted by Gasteiger charge is 2.39. The van der Waals surface area contributed by atoms with Crippen molar-refractivity contribution in [3.8, 4) is 16.8 Å². The Kier molecular flexibility index (Phi) is 2.39. The average molecular weight is 359 g/mol. The van der Waals surface area contributed by atoms with Crippen LogP contribution in [0.4, 0.5) is 5.95 Å². The number of anilines is 1. The van der Waals surface area contributed by atoms with Crippen LogP contribution in [0.5, 0.6) is 0 Å². The maximum Gasteiger partial charge on any atom is 0.205 e. The molecule has 132 valence electrons. The number of aromatic nitrogens is 2. The van der Waals surface area contributed by atoms with E-state index in [-0.39, 0.29) is 5.92 Å². The molecule has 0 fully saturated rings. The maximum atomic E-state index is 6.47. The SMILES string of the molecule is Cc1cc2c3c(c1)-n1c(N)nc4cc5ccccc5c(c41)C3c1ccccc1-2. The van der Waals surface area contributed by atoms with Crippen molar-refractivity contribution >= 4 is 27.8 Å². The van der Waals surface area contributed by atoms with E-state index in [4.69, 9.17) is 10.7 Å². The smallest absolute Gasteiger partial charge is 0.205 e. The summed E-state index contributed by atoms with van der Waals surface area (Å²) in [6.07, 6.45) is 0. The summed E-state index contributed by atoms with van der Waals surface area (Å²) in [5, 5.41) is 2.51. The molecule has 1 atom stereocenters. The molecular weight excluding hydrogens is 342 g/mol. The number of fused-ring (bicyclic) bond motifs is 7. The van der Waals surface area contributed by atoms with Crippen LogP contribution in [0.1, 0.15) is 28.2 Å². The molecule has 0 saturated heterocycles. The van der Waals surface area contributed by atoms with Crippen LogP contribution in [0.15, 0.2) is 66.7 Å². The van der Waals surface area contributed by atoms with Gasteiger partial charge in [-0.2, -0.15) is 0 Å². The second kappa shape index (κ2) is 4.63. The van der Waals surface area contributed by atoms with Gasteiger partial charge >= 0.3 is 0 Å². The zero-order chi connectivity index (χ0) is 18.6. The molecule has 2 heterocycles. The van der Waals surface area contributed by atoms with Crippen molar-refractivity contribution in [3.63, 3.8) is 0 Å². The number of rotatable bonds is 0. The number of aryl methyl sites for hydroxylation is 1. The first kappa shape index (κ1) is 14.5. The normalized spacial score (nSPS) is 15.8. The number of hydrogen-bond acceptors (Lipinski definition) is 2. The Balaban J connectivity index is 1.80. The van der Waals surface area contributed by atoms with Crippen molar-refractivity contribution in [2.75, 3.05) is 5.73 Å². The Morgan fingerprint density at radius 2 is 1.71 bits per heavy atom. The van der Waals surface area contributed by atoms with Gasteiger partial charge in [0.2, 0.25) is 5.95 Å². The average Bonchev–Trinajstić information content (AvgIpc) is 3.21. The van der Waals surface area contributed by atoms with E-state index < -0.39 is 0 Å². The molecule has 0 amide bonds. The summed E-state index contributed by atoms with van der Waals surface area (Å²) in [6, 6.07) is 24.2. The van der Waals surface area contributed by atoms with Crippen molar-refractivity contribution in [2.24, 2.45) is 0 Å². The van der Waals surface area contributed by atoms with Crippen molar-refractivity contribution in [1.29, 1.82) is 0 Å². The molecular formula is C25H17N3. The summed E-state index contributed by atoms with van der Waals surface area (Å²) in [6.45, 7) is 2.16. The molecule has 5 aromatic rings. The molecule has 0 bridgehead atoms. The van der Waals surface area contributed by atoms with Crippen LogP contribution < -0.4 is 5.73 Å². The van der Waals surface area contributed by atoms with Gasteiger partial charge in [0.1, 0.15) is 0 Å². The van der Waals surface area contributed by atoms with E-state index >= 15 is 0 Å². The maximum absolute atomic E-state index is 6.47. The van der Waals surface area contributed by atoms with E-state index in [0.29, 0.717) is 5.95 Å². The van der Waals surface area contributed by atoms with Crippen LogP contribution >= 0.6 is 0 Å². The number of nitrogens with two attached hydrogens (primary N) is 1. The quantitative estimate of drug-likeness (QED) is 0.386. The standard InChI is InChI=1S/C25H17N3/c1-13-10-18-16-8-4-5-9-17(16)22-21(18)20(11-13)28-24-19(27-25(28)26)12-14-6-2-3-7-15(14)23(22)24/h2-12,22H,1H3,(H2,26,27). The Labute approximate surface area is 162 Å². The van der Waals surface area contributed by atoms with Crippen LogP contribution in [-0.4, -0.2) is 9.55 Å².